The number of carbonyl (C=O) groups is 1. The molecule has 0 saturated carbocycles. The lowest BCUT2D eigenvalue weighted by atomic mass is 9.95. The van der Waals surface area contributed by atoms with E-state index in [1.54, 1.807) is 0 Å². The Bertz CT molecular complexity index is 542. The highest BCUT2D eigenvalue weighted by atomic mass is 32.1. The van der Waals surface area contributed by atoms with Crippen LogP contribution in [0.15, 0.2) is 0 Å². The maximum absolute atomic E-state index is 12.8. The van der Waals surface area contributed by atoms with Crippen LogP contribution < -0.4 is 5.32 Å². The number of carbonyl (C=O) groups excluding carboxylic acids is 1. The molecule has 134 valence electrons. The van der Waals surface area contributed by atoms with Crippen molar-refractivity contribution in [3.8, 4) is 0 Å². The van der Waals surface area contributed by atoms with Gasteiger partial charge in [0.15, 0.2) is 0 Å². The zero-order valence-corrected chi connectivity index (χ0v) is 15.5. The molecule has 7 heteroatoms. The highest BCUT2D eigenvalue weighted by molar-refractivity contribution is 7.09. The summed E-state index contributed by atoms with van der Waals surface area (Å²) in [5.41, 5.74) is 0. The molecule has 2 fully saturated rings. The van der Waals surface area contributed by atoms with Gasteiger partial charge in [0.1, 0.15) is 5.82 Å². The smallest absolute Gasteiger partial charge is 0.243 e. The molecule has 0 bridgehead atoms. The number of nitrogens with one attached hydrogen (secondary N) is 1. The molecule has 6 nitrogen and oxygen atoms in total. The van der Waals surface area contributed by atoms with Gasteiger partial charge in [0, 0.05) is 37.2 Å². The fraction of sp³-hybridized carbons (Fsp3) is 0.824. The summed E-state index contributed by atoms with van der Waals surface area (Å²) in [6, 6.07) is -0.0343. The number of piperidine rings is 1. The van der Waals surface area contributed by atoms with Crippen LogP contribution in [0.1, 0.15) is 57.7 Å². The molecule has 3 heterocycles. The summed E-state index contributed by atoms with van der Waals surface area (Å²) < 4.78 is 9.77. The van der Waals surface area contributed by atoms with Gasteiger partial charge in [0.25, 0.3) is 0 Å². The summed E-state index contributed by atoms with van der Waals surface area (Å²) in [7, 11) is 0. The molecule has 2 aliphatic rings. The van der Waals surface area contributed by atoms with E-state index >= 15 is 0 Å². The molecule has 2 saturated heterocycles. The van der Waals surface area contributed by atoms with Gasteiger partial charge in [-0.1, -0.05) is 20.3 Å². The molecule has 0 spiro atoms. The van der Waals surface area contributed by atoms with E-state index in [1.807, 2.05) is 0 Å². The molecule has 3 rings (SSSR count). The van der Waals surface area contributed by atoms with Crippen molar-refractivity contribution >= 4 is 22.6 Å². The van der Waals surface area contributed by atoms with E-state index in [1.165, 1.54) is 18.0 Å². The van der Waals surface area contributed by atoms with Gasteiger partial charge < -0.3 is 4.74 Å². The van der Waals surface area contributed by atoms with Crippen molar-refractivity contribution in [2.45, 2.75) is 57.9 Å². The SMILES string of the molecule is CC(C)c1nsc(NC(=O)C2CCCCN2CC2CCOCC2)n1. The standard InChI is InChI=1S/C17H28N4O2S/c1-12(2)15-18-17(24-20-15)19-16(22)14-5-3-4-8-21(14)11-13-6-9-23-10-7-13/h12-14H,3-11H2,1-2H3,(H,18,19,20,22). The molecule has 1 N–H and O–H groups in total. The molecule has 1 atom stereocenters. The number of nitrogens with zero attached hydrogens (tertiary/aromatic N) is 3. The van der Waals surface area contributed by atoms with Gasteiger partial charge in [-0.05, 0) is 38.1 Å². The first kappa shape index (κ1) is 17.8. The second-order valence-corrected chi connectivity index (χ2v) is 7.92. The second kappa shape index (κ2) is 8.36. The van der Waals surface area contributed by atoms with E-state index in [-0.39, 0.29) is 17.9 Å². The summed E-state index contributed by atoms with van der Waals surface area (Å²) in [6.45, 7) is 7.86. The van der Waals surface area contributed by atoms with E-state index < -0.39 is 0 Å². The van der Waals surface area contributed by atoms with Gasteiger partial charge in [-0.3, -0.25) is 15.0 Å². The molecule has 0 radical (unpaired) electrons. The minimum absolute atomic E-state index is 0.0343. The van der Waals surface area contributed by atoms with Crippen molar-refractivity contribution in [2.75, 3.05) is 31.6 Å². The van der Waals surface area contributed by atoms with Gasteiger partial charge in [-0.15, -0.1) is 0 Å². The normalized spacial score (nSPS) is 23.5. The van der Waals surface area contributed by atoms with Gasteiger partial charge in [0.2, 0.25) is 11.0 Å². The average Bonchev–Trinajstić information content (AvgIpc) is 3.05. The molecule has 0 aromatic carbocycles. The summed E-state index contributed by atoms with van der Waals surface area (Å²) in [5.74, 6) is 1.82. The average molecular weight is 353 g/mol. The highest BCUT2D eigenvalue weighted by Gasteiger charge is 2.31. The third kappa shape index (κ3) is 4.52. The van der Waals surface area contributed by atoms with E-state index in [0.717, 1.165) is 57.8 Å². The molecule has 2 aliphatic heterocycles. The maximum atomic E-state index is 12.8. The van der Waals surface area contributed by atoms with Crippen LogP contribution >= 0.6 is 11.5 Å². The molecule has 0 aliphatic carbocycles. The van der Waals surface area contributed by atoms with Gasteiger partial charge in [0.05, 0.1) is 6.04 Å². The Morgan fingerprint density at radius 3 is 2.83 bits per heavy atom. The van der Waals surface area contributed by atoms with Crippen molar-refractivity contribution in [1.29, 1.82) is 0 Å². The monoisotopic (exact) mass is 352 g/mol. The van der Waals surface area contributed by atoms with E-state index in [9.17, 15) is 4.79 Å². The third-order valence-electron chi connectivity index (χ3n) is 4.94. The van der Waals surface area contributed by atoms with Crippen LogP contribution in [0.4, 0.5) is 5.13 Å². The topological polar surface area (TPSA) is 67.4 Å². The Hall–Kier alpha value is -1.05. The fourth-order valence-corrected chi connectivity index (χ4v) is 4.19. The van der Waals surface area contributed by atoms with E-state index in [4.69, 9.17) is 4.74 Å². The zero-order valence-electron chi connectivity index (χ0n) is 14.7. The summed E-state index contributed by atoms with van der Waals surface area (Å²) >= 11 is 1.28. The molecular formula is C17H28N4O2S. The predicted octanol–water partition coefficient (Wildman–Crippen LogP) is 2.88. The minimum atomic E-state index is -0.0343. The highest BCUT2D eigenvalue weighted by Crippen LogP contribution is 2.24. The van der Waals surface area contributed by atoms with Crippen LogP contribution in [0.25, 0.3) is 0 Å². The Balaban J connectivity index is 1.59. The van der Waals surface area contributed by atoms with Gasteiger partial charge in [-0.2, -0.15) is 4.37 Å². The first-order valence-corrected chi connectivity index (χ1v) is 9.87. The van der Waals surface area contributed by atoms with Crippen LogP contribution in [-0.2, 0) is 9.53 Å². The lowest BCUT2D eigenvalue weighted by molar-refractivity contribution is -0.122. The van der Waals surface area contributed by atoms with Gasteiger partial charge >= 0.3 is 0 Å². The predicted molar refractivity (Wildman–Crippen MR) is 95.4 cm³/mol. The van der Waals surface area contributed by atoms with Crippen molar-refractivity contribution in [3.63, 3.8) is 0 Å². The van der Waals surface area contributed by atoms with Crippen molar-refractivity contribution in [1.82, 2.24) is 14.3 Å². The Kier molecular flexibility index (Phi) is 6.19. The Labute approximate surface area is 148 Å². The summed E-state index contributed by atoms with van der Waals surface area (Å²) in [5, 5.41) is 3.62. The minimum Gasteiger partial charge on any atom is -0.381 e. The van der Waals surface area contributed by atoms with E-state index in [0.29, 0.717) is 11.0 Å². The number of ether oxygens (including phenoxy) is 1. The summed E-state index contributed by atoms with van der Waals surface area (Å²) in [6.07, 6.45) is 5.46. The lowest BCUT2D eigenvalue weighted by Crippen LogP contribution is -2.49. The molecule has 1 unspecified atom stereocenters. The first-order chi connectivity index (χ1) is 11.6. The molecule has 1 aromatic rings. The Morgan fingerprint density at radius 2 is 2.12 bits per heavy atom. The number of anilines is 1. The van der Waals surface area contributed by atoms with Crippen LogP contribution in [0.3, 0.4) is 0 Å². The van der Waals surface area contributed by atoms with Crippen LogP contribution in [0, 0.1) is 5.92 Å². The van der Waals surface area contributed by atoms with Crippen LogP contribution in [0.2, 0.25) is 0 Å². The number of likely N-dealkylation sites (tertiary alicyclic amines) is 1. The zero-order chi connectivity index (χ0) is 16.9. The molecule has 24 heavy (non-hydrogen) atoms. The van der Waals surface area contributed by atoms with E-state index in [2.05, 4.69) is 33.4 Å². The van der Waals surface area contributed by atoms with Crippen molar-refractivity contribution in [3.05, 3.63) is 5.82 Å². The van der Waals surface area contributed by atoms with Gasteiger partial charge in [-0.25, -0.2) is 4.98 Å². The maximum Gasteiger partial charge on any atom is 0.243 e. The van der Waals surface area contributed by atoms with Crippen LogP contribution in [-0.4, -0.2) is 52.5 Å². The third-order valence-corrected chi connectivity index (χ3v) is 5.58. The Morgan fingerprint density at radius 1 is 1.33 bits per heavy atom. The first-order valence-electron chi connectivity index (χ1n) is 9.09. The quantitative estimate of drug-likeness (QED) is 0.882. The second-order valence-electron chi connectivity index (χ2n) is 7.16. The molecular weight excluding hydrogens is 324 g/mol. The number of amides is 1. The number of hydrogen-bond acceptors (Lipinski definition) is 6. The molecule has 1 amide bonds. The number of hydrogen-bond donors (Lipinski definition) is 1. The van der Waals surface area contributed by atoms with Crippen molar-refractivity contribution in [2.24, 2.45) is 5.92 Å². The number of rotatable bonds is 5. The van der Waals surface area contributed by atoms with Crippen LogP contribution in [0.5, 0.6) is 0 Å². The molecule has 1 aromatic heterocycles. The lowest BCUT2D eigenvalue weighted by Gasteiger charge is -2.37. The number of aromatic nitrogens is 2. The summed E-state index contributed by atoms with van der Waals surface area (Å²) in [4.78, 5) is 19.6. The van der Waals surface area contributed by atoms with Crippen molar-refractivity contribution < 1.29 is 9.53 Å². The fourth-order valence-electron chi connectivity index (χ4n) is 3.48. The largest absolute Gasteiger partial charge is 0.381 e.